The van der Waals surface area contributed by atoms with Crippen LogP contribution in [0.5, 0.6) is 0 Å². The molecule has 0 aromatic heterocycles. The Kier molecular flexibility index (Phi) is 5.81. The lowest BCUT2D eigenvalue weighted by molar-refractivity contribution is 0.00578. The van der Waals surface area contributed by atoms with Crippen LogP contribution in [0.15, 0.2) is 36.4 Å². The molecular weight excluding hydrogens is 251 g/mol. The van der Waals surface area contributed by atoms with Crippen LogP contribution >= 0.6 is 0 Å². The number of ether oxygens (including phenoxy) is 1. The molecule has 0 radical (unpaired) electrons. The molecule has 0 aromatic rings. The van der Waals surface area contributed by atoms with E-state index in [2.05, 4.69) is 6.58 Å². The summed E-state index contributed by atoms with van der Waals surface area (Å²) in [6.45, 7) is 16.7. The second-order valence-electron chi connectivity index (χ2n) is 6.00. The predicted molar refractivity (Wildman–Crippen MR) is 84.6 cm³/mol. The Morgan fingerprint density at radius 2 is 1.80 bits per heavy atom. The summed E-state index contributed by atoms with van der Waals surface area (Å²) in [4.78, 5) is 0. The first-order valence-electron chi connectivity index (χ1n) is 7.21. The summed E-state index contributed by atoms with van der Waals surface area (Å²) in [5, 5.41) is 0. The van der Waals surface area contributed by atoms with Gasteiger partial charge in [0.2, 0.25) is 0 Å². The molecule has 1 saturated heterocycles. The fraction of sp³-hybridized carbons (Fsp3) is 0.625. The zero-order chi connectivity index (χ0) is 15.4. The van der Waals surface area contributed by atoms with Gasteiger partial charge in [-0.15, -0.1) is 0 Å². The van der Waals surface area contributed by atoms with E-state index in [1.807, 2.05) is 59.8 Å². The molecule has 1 fully saturated rings. The smallest absolute Gasteiger partial charge is 0.399 e. The van der Waals surface area contributed by atoms with Crippen LogP contribution in [0.3, 0.4) is 0 Å². The summed E-state index contributed by atoms with van der Waals surface area (Å²) in [5.41, 5.74) is 0.257. The Morgan fingerprint density at radius 1 is 1.25 bits per heavy atom. The topological polar surface area (TPSA) is 27.7 Å². The van der Waals surface area contributed by atoms with Crippen molar-refractivity contribution in [1.29, 1.82) is 0 Å². The summed E-state index contributed by atoms with van der Waals surface area (Å²) in [5.74, 6) is 0. The van der Waals surface area contributed by atoms with Gasteiger partial charge >= 0.3 is 7.12 Å². The van der Waals surface area contributed by atoms with Crippen LogP contribution in [-0.4, -0.2) is 31.0 Å². The minimum atomic E-state index is -0.371. The van der Waals surface area contributed by atoms with Gasteiger partial charge < -0.3 is 14.0 Å². The van der Waals surface area contributed by atoms with Crippen LogP contribution in [0.4, 0.5) is 0 Å². The highest BCUT2D eigenvalue weighted by atomic mass is 16.7. The van der Waals surface area contributed by atoms with Gasteiger partial charge in [-0.05, 0) is 47.0 Å². The fourth-order valence-electron chi connectivity index (χ4n) is 1.86. The van der Waals surface area contributed by atoms with Gasteiger partial charge in [0.05, 0.1) is 17.3 Å². The van der Waals surface area contributed by atoms with Crippen LogP contribution in [0.2, 0.25) is 0 Å². The predicted octanol–water partition coefficient (Wildman–Crippen LogP) is 3.71. The summed E-state index contributed by atoms with van der Waals surface area (Å²) in [7, 11) is -0.371. The first-order chi connectivity index (χ1) is 9.23. The molecule has 0 bridgehead atoms. The number of hydrogen-bond donors (Lipinski definition) is 0. The molecule has 1 heterocycles. The molecule has 112 valence electrons. The molecule has 1 atom stereocenters. The largest absolute Gasteiger partial charge is 0.494 e. The lowest BCUT2D eigenvalue weighted by Gasteiger charge is -2.32. The van der Waals surface area contributed by atoms with Gasteiger partial charge in [0, 0.05) is 6.61 Å². The van der Waals surface area contributed by atoms with E-state index in [0.29, 0.717) is 6.61 Å². The van der Waals surface area contributed by atoms with Crippen LogP contribution in [-0.2, 0) is 14.0 Å². The maximum Gasteiger partial charge on any atom is 0.494 e. The van der Waals surface area contributed by atoms with Crippen molar-refractivity contribution in [3.8, 4) is 0 Å². The minimum Gasteiger partial charge on any atom is -0.399 e. The van der Waals surface area contributed by atoms with E-state index >= 15 is 0 Å². The van der Waals surface area contributed by atoms with Gasteiger partial charge in [-0.2, -0.15) is 0 Å². The monoisotopic (exact) mass is 278 g/mol. The number of hydrogen-bond acceptors (Lipinski definition) is 3. The molecule has 0 aromatic carbocycles. The molecule has 0 N–H and O–H groups in total. The molecule has 1 aliphatic rings. The molecule has 0 saturated carbocycles. The van der Waals surface area contributed by atoms with Crippen molar-refractivity contribution in [2.75, 3.05) is 6.61 Å². The van der Waals surface area contributed by atoms with E-state index < -0.39 is 0 Å². The normalized spacial score (nSPS) is 23.3. The average Bonchev–Trinajstić information content (AvgIpc) is 2.54. The van der Waals surface area contributed by atoms with E-state index in [9.17, 15) is 0 Å². The Bertz CT molecular complexity index is 381. The lowest BCUT2D eigenvalue weighted by Crippen LogP contribution is -2.41. The summed E-state index contributed by atoms with van der Waals surface area (Å²) in [6.07, 6.45) is 7.80. The summed E-state index contributed by atoms with van der Waals surface area (Å²) < 4.78 is 17.4. The quantitative estimate of drug-likeness (QED) is 0.547. The fourth-order valence-corrected chi connectivity index (χ4v) is 1.86. The number of allylic oxidation sites excluding steroid dienone is 4. The van der Waals surface area contributed by atoms with Gasteiger partial charge in [0.1, 0.15) is 0 Å². The Balaban J connectivity index is 2.76. The van der Waals surface area contributed by atoms with Crippen molar-refractivity contribution in [1.82, 2.24) is 0 Å². The van der Waals surface area contributed by atoms with Crippen molar-refractivity contribution in [3.05, 3.63) is 36.4 Å². The highest BCUT2D eigenvalue weighted by Gasteiger charge is 2.51. The molecule has 0 amide bonds. The van der Waals surface area contributed by atoms with Gasteiger partial charge in [0.15, 0.2) is 0 Å². The Hall–Kier alpha value is -0.835. The van der Waals surface area contributed by atoms with Crippen molar-refractivity contribution < 1.29 is 14.0 Å². The van der Waals surface area contributed by atoms with Gasteiger partial charge in [-0.3, -0.25) is 0 Å². The van der Waals surface area contributed by atoms with Crippen molar-refractivity contribution in [3.63, 3.8) is 0 Å². The standard InChI is InChI=1S/C16H27BO3/c1-8-14(12-10-11-13(3)18-9-2)17-19-15(4,5)16(6,7)20-17/h8,10-13H,1,9H2,2-7H3/b11-10+,14-12+. The van der Waals surface area contributed by atoms with Gasteiger partial charge in [-0.1, -0.05) is 30.9 Å². The average molecular weight is 278 g/mol. The second-order valence-corrected chi connectivity index (χ2v) is 6.00. The molecule has 20 heavy (non-hydrogen) atoms. The molecule has 0 spiro atoms. The van der Waals surface area contributed by atoms with Crippen LogP contribution < -0.4 is 0 Å². The molecule has 0 aliphatic carbocycles. The highest BCUT2D eigenvalue weighted by Crippen LogP contribution is 2.38. The first kappa shape index (κ1) is 17.2. The Morgan fingerprint density at radius 3 is 2.25 bits per heavy atom. The molecule has 1 rings (SSSR count). The molecule has 4 heteroatoms. The van der Waals surface area contributed by atoms with Gasteiger partial charge in [-0.25, -0.2) is 0 Å². The van der Waals surface area contributed by atoms with Crippen molar-refractivity contribution >= 4 is 7.12 Å². The molecule has 1 aliphatic heterocycles. The van der Waals surface area contributed by atoms with Gasteiger partial charge in [0.25, 0.3) is 0 Å². The van der Waals surface area contributed by atoms with E-state index in [-0.39, 0.29) is 24.4 Å². The zero-order valence-corrected chi connectivity index (χ0v) is 13.6. The third-order valence-electron chi connectivity index (χ3n) is 3.86. The Labute approximate surface area is 123 Å². The molecule has 3 nitrogen and oxygen atoms in total. The lowest BCUT2D eigenvalue weighted by atomic mass is 9.78. The van der Waals surface area contributed by atoms with Crippen LogP contribution in [0.1, 0.15) is 41.5 Å². The number of rotatable bonds is 6. The van der Waals surface area contributed by atoms with E-state index in [0.717, 1.165) is 5.47 Å². The highest BCUT2D eigenvalue weighted by molar-refractivity contribution is 6.55. The van der Waals surface area contributed by atoms with Crippen molar-refractivity contribution in [2.24, 2.45) is 0 Å². The van der Waals surface area contributed by atoms with Crippen LogP contribution in [0, 0.1) is 0 Å². The van der Waals surface area contributed by atoms with Crippen LogP contribution in [0.25, 0.3) is 0 Å². The van der Waals surface area contributed by atoms with E-state index in [4.69, 9.17) is 14.0 Å². The second kappa shape index (κ2) is 6.75. The molecular formula is C16H27BO3. The van der Waals surface area contributed by atoms with Crippen molar-refractivity contribution in [2.45, 2.75) is 58.8 Å². The third kappa shape index (κ3) is 4.08. The van der Waals surface area contributed by atoms with E-state index in [1.54, 1.807) is 6.08 Å². The van der Waals surface area contributed by atoms with E-state index in [1.165, 1.54) is 0 Å². The third-order valence-corrected chi connectivity index (χ3v) is 3.86. The zero-order valence-electron chi connectivity index (χ0n) is 13.6. The minimum absolute atomic E-state index is 0.0978. The molecule has 1 unspecified atom stereocenters. The maximum atomic E-state index is 6.00. The maximum absolute atomic E-state index is 6.00. The summed E-state index contributed by atoms with van der Waals surface area (Å²) >= 11 is 0. The summed E-state index contributed by atoms with van der Waals surface area (Å²) in [6, 6.07) is 0. The SMILES string of the molecule is C=C/C(=C\C=C\C(C)OCC)B1OC(C)(C)C(C)(C)O1. The first-order valence-corrected chi connectivity index (χ1v) is 7.21.